The van der Waals surface area contributed by atoms with Crippen molar-refractivity contribution in [2.75, 3.05) is 33.9 Å². The van der Waals surface area contributed by atoms with Crippen LogP contribution in [0, 0.1) is 0 Å². The highest BCUT2D eigenvalue weighted by atomic mass is 16.5. The molecule has 1 aliphatic heterocycles. The van der Waals surface area contributed by atoms with Gasteiger partial charge in [0.05, 0.1) is 32.8 Å². The van der Waals surface area contributed by atoms with Crippen LogP contribution in [0.3, 0.4) is 0 Å². The second-order valence-electron chi connectivity index (χ2n) is 5.73. The highest BCUT2D eigenvalue weighted by Gasteiger charge is 2.40. The van der Waals surface area contributed by atoms with Gasteiger partial charge in [0.25, 0.3) is 0 Å². The fourth-order valence-electron chi connectivity index (χ4n) is 2.50. The average molecular weight is 214 g/mol. The zero-order valence-corrected chi connectivity index (χ0v) is 11.0. The van der Waals surface area contributed by atoms with Crippen molar-refractivity contribution in [2.24, 2.45) is 0 Å². The van der Waals surface area contributed by atoms with Crippen molar-refractivity contribution in [2.45, 2.75) is 51.5 Å². The maximum absolute atomic E-state index is 5.58. The Hall–Kier alpha value is -0.0800. The molecule has 0 aromatic carbocycles. The van der Waals surface area contributed by atoms with Crippen LogP contribution in [0.1, 0.15) is 46.0 Å². The molecule has 0 radical (unpaired) electrons. The molecule has 2 nitrogen and oxygen atoms in total. The zero-order chi connectivity index (χ0) is 11.4. The number of ether oxygens (including phenoxy) is 1. The lowest BCUT2D eigenvalue weighted by atomic mass is 9.88. The van der Waals surface area contributed by atoms with Crippen molar-refractivity contribution >= 4 is 0 Å². The van der Waals surface area contributed by atoms with Gasteiger partial charge in [0.2, 0.25) is 0 Å². The van der Waals surface area contributed by atoms with Crippen LogP contribution in [-0.2, 0) is 4.74 Å². The molecular weight excluding hydrogens is 186 g/mol. The van der Waals surface area contributed by atoms with E-state index in [4.69, 9.17) is 4.74 Å². The first-order valence-corrected chi connectivity index (χ1v) is 6.43. The monoisotopic (exact) mass is 214 g/mol. The van der Waals surface area contributed by atoms with Crippen molar-refractivity contribution in [3.8, 4) is 0 Å². The van der Waals surface area contributed by atoms with E-state index in [0.29, 0.717) is 5.54 Å². The predicted octanol–water partition coefficient (Wildman–Crippen LogP) is 2.82. The molecule has 0 bridgehead atoms. The summed E-state index contributed by atoms with van der Waals surface area (Å²) in [6.45, 7) is 7.93. The van der Waals surface area contributed by atoms with E-state index in [9.17, 15) is 0 Å². The van der Waals surface area contributed by atoms with Crippen molar-refractivity contribution in [1.82, 2.24) is 0 Å². The molecule has 0 aromatic rings. The summed E-state index contributed by atoms with van der Waals surface area (Å²) in [7, 11) is 4.78. The summed E-state index contributed by atoms with van der Waals surface area (Å²) in [5.74, 6) is 0. The number of nitrogens with zero attached hydrogens (tertiary/aromatic N) is 1. The number of unbranched alkanes of at least 4 members (excludes halogenated alkanes) is 1. The molecule has 0 saturated carbocycles. The topological polar surface area (TPSA) is 9.23 Å². The first-order valence-electron chi connectivity index (χ1n) is 6.43. The van der Waals surface area contributed by atoms with Crippen LogP contribution in [0.2, 0.25) is 0 Å². The zero-order valence-electron chi connectivity index (χ0n) is 11.0. The SMILES string of the molecule is CCCC[N+](C)(C)C1(C)CCCOCC1. The molecule has 0 aromatic heterocycles. The second-order valence-corrected chi connectivity index (χ2v) is 5.73. The van der Waals surface area contributed by atoms with Crippen molar-refractivity contribution in [3.63, 3.8) is 0 Å². The van der Waals surface area contributed by atoms with Gasteiger partial charge in [-0.2, -0.15) is 0 Å². The van der Waals surface area contributed by atoms with Crippen LogP contribution in [0.4, 0.5) is 0 Å². The van der Waals surface area contributed by atoms with Gasteiger partial charge in [-0.3, -0.25) is 0 Å². The smallest absolute Gasteiger partial charge is 0.0983 e. The van der Waals surface area contributed by atoms with E-state index >= 15 is 0 Å². The number of quaternary nitrogens is 1. The van der Waals surface area contributed by atoms with Gasteiger partial charge >= 0.3 is 0 Å². The third kappa shape index (κ3) is 3.18. The number of rotatable bonds is 4. The Morgan fingerprint density at radius 3 is 2.60 bits per heavy atom. The van der Waals surface area contributed by atoms with Gasteiger partial charge in [-0.05, 0) is 19.8 Å². The van der Waals surface area contributed by atoms with Crippen molar-refractivity contribution in [3.05, 3.63) is 0 Å². The van der Waals surface area contributed by atoms with Gasteiger partial charge < -0.3 is 9.22 Å². The largest absolute Gasteiger partial charge is 0.381 e. The van der Waals surface area contributed by atoms with E-state index in [2.05, 4.69) is 27.9 Å². The minimum Gasteiger partial charge on any atom is -0.381 e. The summed E-state index contributed by atoms with van der Waals surface area (Å²) in [5, 5.41) is 0. The van der Waals surface area contributed by atoms with Gasteiger partial charge in [0.15, 0.2) is 0 Å². The maximum Gasteiger partial charge on any atom is 0.0983 e. The van der Waals surface area contributed by atoms with E-state index in [0.717, 1.165) is 17.7 Å². The molecule has 0 N–H and O–H groups in total. The third-order valence-electron chi connectivity index (χ3n) is 4.32. The summed E-state index contributed by atoms with van der Waals surface area (Å²) in [6, 6.07) is 0. The summed E-state index contributed by atoms with van der Waals surface area (Å²) >= 11 is 0. The molecule has 1 fully saturated rings. The quantitative estimate of drug-likeness (QED) is 0.654. The Bertz CT molecular complexity index is 181. The van der Waals surface area contributed by atoms with E-state index in [1.54, 1.807) is 0 Å². The van der Waals surface area contributed by atoms with Crippen molar-refractivity contribution in [1.29, 1.82) is 0 Å². The van der Waals surface area contributed by atoms with Gasteiger partial charge in [-0.1, -0.05) is 13.3 Å². The molecule has 15 heavy (non-hydrogen) atoms. The lowest BCUT2D eigenvalue weighted by Crippen LogP contribution is -2.58. The molecule has 90 valence electrons. The van der Waals surface area contributed by atoms with Crippen LogP contribution in [0.5, 0.6) is 0 Å². The summed E-state index contributed by atoms with van der Waals surface area (Å²) < 4.78 is 6.74. The molecule has 0 aliphatic carbocycles. The van der Waals surface area contributed by atoms with Gasteiger partial charge in [-0.25, -0.2) is 0 Å². The molecule has 1 heterocycles. The number of hydrogen-bond acceptors (Lipinski definition) is 1. The first kappa shape index (κ1) is 13.0. The lowest BCUT2D eigenvalue weighted by Gasteiger charge is -2.46. The van der Waals surface area contributed by atoms with Crippen molar-refractivity contribution < 1.29 is 9.22 Å². The summed E-state index contributed by atoms with van der Waals surface area (Å²) in [6.07, 6.45) is 6.38. The Morgan fingerprint density at radius 2 is 1.93 bits per heavy atom. The fourth-order valence-corrected chi connectivity index (χ4v) is 2.50. The molecule has 2 heteroatoms. The molecule has 0 spiro atoms. The highest BCUT2D eigenvalue weighted by Crippen LogP contribution is 2.32. The van der Waals surface area contributed by atoms with Gasteiger partial charge in [0, 0.05) is 19.4 Å². The van der Waals surface area contributed by atoms with Crippen LogP contribution in [0.15, 0.2) is 0 Å². The van der Waals surface area contributed by atoms with E-state index in [1.807, 2.05) is 0 Å². The first-order chi connectivity index (χ1) is 7.02. The van der Waals surface area contributed by atoms with Gasteiger partial charge in [-0.15, -0.1) is 0 Å². The Morgan fingerprint density at radius 1 is 1.20 bits per heavy atom. The molecule has 1 unspecified atom stereocenters. The third-order valence-corrected chi connectivity index (χ3v) is 4.32. The Labute approximate surface area is 95.2 Å². The highest BCUT2D eigenvalue weighted by molar-refractivity contribution is 4.77. The normalized spacial score (nSPS) is 28.8. The van der Waals surface area contributed by atoms with E-state index in [1.165, 1.54) is 38.6 Å². The molecular formula is C13H28NO+. The van der Waals surface area contributed by atoms with E-state index < -0.39 is 0 Å². The van der Waals surface area contributed by atoms with Crippen LogP contribution >= 0.6 is 0 Å². The standard InChI is InChI=1S/C13H28NO/c1-5-6-10-14(3,4)13(2)8-7-11-15-12-9-13/h5-12H2,1-4H3/q+1. The second kappa shape index (κ2) is 5.31. The minimum absolute atomic E-state index is 0.422. The molecule has 1 saturated heterocycles. The average Bonchev–Trinajstić information content (AvgIpc) is 2.41. The fraction of sp³-hybridized carbons (Fsp3) is 1.00. The lowest BCUT2D eigenvalue weighted by molar-refractivity contribution is -0.941. The summed E-state index contributed by atoms with van der Waals surface area (Å²) in [5.41, 5.74) is 0.422. The summed E-state index contributed by atoms with van der Waals surface area (Å²) in [4.78, 5) is 0. The molecule has 1 aliphatic rings. The minimum atomic E-state index is 0.422. The van der Waals surface area contributed by atoms with Crippen LogP contribution in [-0.4, -0.2) is 43.9 Å². The molecule has 1 atom stereocenters. The Balaban J connectivity index is 2.63. The Kier molecular flexibility index (Phi) is 4.60. The maximum atomic E-state index is 5.58. The number of hydrogen-bond donors (Lipinski definition) is 0. The predicted molar refractivity (Wildman–Crippen MR) is 65.0 cm³/mol. The molecule has 0 amide bonds. The van der Waals surface area contributed by atoms with Gasteiger partial charge in [0.1, 0.15) is 0 Å². The van der Waals surface area contributed by atoms with Crippen LogP contribution in [0.25, 0.3) is 0 Å². The molecule has 1 rings (SSSR count). The van der Waals surface area contributed by atoms with Crippen LogP contribution < -0.4 is 0 Å². The van der Waals surface area contributed by atoms with E-state index in [-0.39, 0.29) is 0 Å².